The van der Waals surface area contributed by atoms with E-state index in [-0.39, 0.29) is 29.8 Å². The van der Waals surface area contributed by atoms with Crippen LogP contribution in [0.5, 0.6) is 0 Å². The number of carbonyl (C=O) groups excluding carboxylic acids is 2. The predicted octanol–water partition coefficient (Wildman–Crippen LogP) is 6.85. The van der Waals surface area contributed by atoms with Gasteiger partial charge in [-0.25, -0.2) is 8.42 Å². The van der Waals surface area contributed by atoms with E-state index in [0.717, 1.165) is 52.2 Å². The highest BCUT2D eigenvalue weighted by Gasteiger charge is 2.35. The van der Waals surface area contributed by atoms with Crippen molar-refractivity contribution in [3.8, 4) is 0 Å². The molecule has 4 aromatic carbocycles. The number of benzene rings is 4. The Morgan fingerprint density at radius 2 is 1.48 bits per heavy atom. The standard InChI is InChI=1S/C37H40ClN3O4S/c1-27-16-22-34(23-17-27)46(44,45)41(33-20-18-31(38)19-21-33)26-36(42)40(25-30-13-7-6-10-28(30)2)35(24-29-11-4-3-5-12-29)37(43)39-32-14-8-9-15-32/h3-7,10-13,16-23,32,35H,8-9,14-15,24-26H2,1-2H3,(H,39,43)/t35-/m1/s1. The fraction of sp³-hybridized carbons (Fsp3) is 0.297. The molecule has 0 aromatic heterocycles. The number of nitrogens with zero attached hydrogens (tertiary/aromatic N) is 2. The molecule has 0 radical (unpaired) electrons. The molecule has 46 heavy (non-hydrogen) atoms. The third-order valence-corrected chi connectivity index (χ3v) is 10.6. The minimum atomic E-state index is -4.17. The predicted molar refractivity (Wildman–Crippen MR) is 183 cm³/mol. The number of carbonyl (C=O) groups is 2. The average Bonchev–Trinajstić information content (AvgIpc) is 3.56. The molecular weight excluding hydrogens is 618 g/mol. The van der Waals surface area contributed by atoms with Gasteiger partial charge < -0.3 is 10.2 Å². The summed E-state index contributed by atoms with van der Waals surface area (Å²) in [5, 5.41) is 3.65. The number of hydrogen-bond acceptors (Lipinski definition) is 4. The van der Waals surface area contributed by atoms with Gasteiger partial charge in [0.1, 0.15) is 12.6 Å². The Balaban J connectivity index is 1.57. The molecule has 1 aliphatic carbocycles. The monoisotopic (exact) mass is 657 g/mol. The molecule has 0 heterocycles. The van der Waals surface area contributed by atoms with Crippen LogP contribution in [0, 0.1) is 13.8 Å². The lowest BCUT2D eigenvalue weighted by Gasteiger charge is -2.34. The van der Waals surface area contributed by atoms with Crippen molar-refractivity contribution in [1.82, 2.24) is 10.2 Å². The second-order valence-electron chi connectivity index (χ2n) is 11.9. The Morgan fingerprint density at radius 1 is 0.848 bits per heavy atom. The van der Waals surface area contributed by atoms with Gasteiger partial charge in [0, 0.05) is 24.0 Å². The van der Waals surface area contributed by atoms with Crippen LogP contribution >= 0.6 is 11.6 Å². The van der Waals surface area contributed by atoms with Gasteiger partial charge in [-0.05, 0) is 79.8 Å². The molecule has 1 fully saturated rings. The molecule has 4 aromatic rings. The molecule has 9 heteroatoms. The minimum Gasteiger partial charge on any atom is -0.352 e. The molecule has 5 rings (SSSR count). The van der Waals surface area contributed by atoms with Crippen molar-refractivity contribution in [1.29, 1.82) is 0 Å². The normalized spacial score (nSPS) is 14.1. The van der Waals surface area contributed by atoms with Crippen LogP contribution in [-0.2, 0) is 32.6 Å². The summed E-state index contributed by atoms with van der Waals surface area (Å²) in [6, 6.07) is 29.4. The van der Waals surface area contributed by atoms with E-state index < -0.39 is 28.5 Å². The van der Waals surface area contributed by atoms with Crippen molar-refractivity contribution in [3.05, 3.63) is 130 Å². The first-order valence-corrected chi connectivity index (χ1v) is 17.5. The van der Waals surface area contributed by atoms with Crippen LogP contribution in [0.1, 0.15) is 47.9 Å². The number of anilines is 1. The molecule has 0 spiro atoms. The first-order chi connectivity index (χ1) is 22.1. The molecule has 1 N–H and O–H groups in total. The van der Waals surface area contributed by atoms with E-state index in [2.05, 4.69) is 5.32 Å². The van der Waals surface area contributed by atoms with E-state index in [1.807, 2.05) is 68.4 Å². The van der Waals surface area contributed by atoms with Crippen molar-refractivity contribution in [2.45, 2.75) is 69.5 Å². The van der Waals surface area contributed by atoms with E-state index in [1.54, 1.807) is 41.3 Å². The quantitative estimate of drug-likeness (QED) is 0.181. The molecule has 0 saturated heterocycles. The zero-order valence-corrected chi connectivity index (χ0v) is 27.8. The maximum absolute atomic E-state index is 14.6. The van der Waals surface area contributed by atoms with Gasteiger partial charge in [-0.2, -0.15) is 0 Å². The first-order valence-electron chi connectivity index (χ1n) is 15.6. The van der Waals surface area contributed by atoms with E-state index >= 15 is 0 Å². The lowest BCUT2D eigenvalue weighted by atomic mass is 10.0. The maximum Gasteiger partial charge on any atom is 0.264 e. The highest BCUT2D eigenvalue weighted by molar-refractivity contribution is 7.92. The summed E-state index contributed by atoms with van der Waals surface area (Å²) < 4.78 is 29.4. The number of sulfonamides is 1. The fourth-order valence-corrected chi connectivity index (χ4v) is 7.41. The van der Waals surface area contributed by atoms with Gasteiger partial charge in [-0.15, -0.1) is 0 Å². The SMILES string of the molecule is Cc1ccc(S(=O)(=O)N(CC(=O)N(Cc2ccccc2C)[C@H](Cc2ccccc2)C(=O)NC2CCCC2)c2ccc(Cl)cc2)cc1. The van der Waals surface area contributed by atoms with Crippen LogP contribution in [-0.4, -0.2) is 43.8 Å². The Bertz CT molecular complexity index is 1740. The Labute approximate surface area is 277 Å². The molecule has 1 aliphatic rings. The van der Waals surface area contributed by atoms with Crippen LogP contribution in [0.2, 0.25) is 5.02 Å². The minimum absolute atomic E-state index is 0.0497. The summed E-state index contributed by atoms with van der Waals surface area (Å²) in [7, 11) is -4.17. The zero-order chi connectivity index (χ0) is 32.7. The van der Waals surface area contributed by atoms with Gasteiger partial charge >= 0.3 is 0 Å². The smallest absolute Gasteiger partial charge is 0.264 e. The number of halogens is 1. The topological polar surface area (TPSA) is 86.8 Å². The number of nitrogens with one attached hydrogen (secondary N) is 1. The number of rotatable bonds is 12. The Hall–Kier alpha value is -4.14. The number of aryl methyl sites for hydroxylation is 2. The molecule has 1 atom stereocenters. The highest BCUT2D eigenvalue weighted by atomic mass is 35.5. The first kappa shape index (κ1) is 33.2. The zero-order valence-electron chi connectivity index (χ0n) is 26.2. The second kappa shape index (κ2) is 15.0. The van der Waals surface area contributed by atoms with Gasteiger partial charge in [0.2, 0.25) is 11.8 Å². The summed E-state index contributed by atoms with van der Waals surface area (Å²) >= 11 is 6.16. The number of hydrogen-bond donors (Lipinski definition) is 1. The molecule has 240 valence electrons. The van der Waals surface area contributed by atoms with Gasteiger partial charge in [0.05, 0.1) is 10.6 Å². The summed E-state index contributed by atoms with van der Waals surface area (Å²) in [5.41, 5.74) is 3.95. The van der Waals surface area contributed by atoms with E-state index in [9.17, 15) is 18.0 Å². The van der Waals surface area contributed by atoms with Crippen LogP contribution in [0.15, 0.2) is 108 Å². The largest absolute Gasteiger partial charge is 0.352 e. The highest BCUT2D eigenvalue weighted by Crippen LogP contribution is 2.27. The summed E-state index contributed by atoms with van der Waals surface area (Å²) in [5.74, 6) is -0.728. The van der Waals surface area contributed by atoms with Crippen LogP contribution in [0.4, 0.5) is 5.69 Å². The fourth-order valence-electron chi connectivity index (χ4n) is 5.87. The average molecular weight is 658 g/mol. The van der Waals surface area contributed by atoms with Gasteiger partial charge in [0.15, 0.2) is 0 Å². The van der Waals surface area contributed by atoms with Gasteiger partial charge in [-0.1, -0.05) is 96.7 Å². The second-order valence-corrected chi connectivity index (χ2v) is 14.2. The lowest BCUT2D eigenvalue weighted by Crippen LogP contribution is -2.54. The molecule has 0 bridgehead atoms. The van der Waals surface area contributed by atoms with Crippen LogP contribution in [0.25, 0.3) is 0 Å². The summed E-state index contributed by atoms with van der Waals surface area (Å²) in [4.78, 5) is 30.4. The van der Waals surface area contributed by atoms with Gasteiger partial charge in [-0.3, -0.25) is 13.9 Å². The van der Waals surface area contributed by atoms with Gasteiger partial charge in [0.25, 0.3) is 10.0 Å². The van der Waals surface area contributed by atoms with Crippen molar-refractivity contribution >= 4 is 39.1 Å². The number of amides is 2. The molecule has 1 saturated carbocycles. The summed E-state index contributed by atoms with van der Waals surface area (Å²) in [6.07, 6.45) is 4.17. The Morgan fingerprint density at radius 3 is 2.13 bits per heavy atom. The van der Waals surface area contributed by atoms with Crippen LogP contribution in [0.3, 0.4) is 0 Å². The molecule has 0 aliphatic heterocycles. The Kier molecular flexibility index (Phi) is 10.8. The molecule has 7 nitrogen and oxygen atoms in total. The van der Waals surface area contributed by atoms with E-state index in [1.165, 1.54) is 12.1 Å². The van der Waals surface area contributed by atoms with Crippen molar-refractivity contribution in [2.75, 3.05) is 10.8 Å². The lowest BCUT2D eigenvalue weighted by molar-refractivity contribution is -0.140. The van der Waals surface area contributed by atoms with Crippen molar-refractivity contribution < 1.29 is 18.0 Å². The van der Waals surface area contributed by atoms with Crippen LogP contribution < -0.4 is 9.62 Å². The van der Waals surface area contributed by atoms with Crippen molar-refractivity contribution in [3.63, 3.8) is 0 Å². The molecular formula is C37H40ClN3O4S. The molecule has 2 amide bonds. The third kappa shape index (κ3) is 8.17. The van der Waals surface area contributed by atoms with Crippen molar-refractivity contribution in [2.24, 2.45) is 0 Å². The summed E-state index contributed by atoms with van der Waals surface area (Å²) in [6.45, 7) is 3.47. The molecule has 0 unspecified atom stereocenters. The van der Waals surface area contributed by atoms with E-state index in [0.29, 0.717) is 10.7 Å². The van der Waals surface area contributed by atoms with E-state index in [4.69, 9.17) is 11.6 Å². The third-order valence-electron chi connectivity index (χ3n) is 8.58. The maximum atomic E-state index is 14.6.